The van der Waals surface area contributed by atoms with Crippen LogP contribution in [-0.4, -0.2) is 19.9 Å². The Hall–Kier alpha value is -3.40. The van der Waals surface area contributed by atoms with E-state index in [-0.39, 0.29) is 0 Å². The van der Waals surface area contributed by atoms with Gasteiger partial charge in [0.1, 0.15) is 0 Å². The van der Waals surface area contributed by atoms with Crippen molar-refractivity contribution in [1.82, 2.24) is 19.9 Å². The maximum Gasteiger partial charge on any atom is 0.0888 e. The molecule has 28 heavy (non-hydrogen) atoms. The van der Waals surface area contributed by atoms with Gasteiger partial charge in [0.15, 0.2) is 0 Å². The molecular formula is C24H24N4. The van der Waals surface area contributed by atoms with Gasteiger partial charge in [-0.15, -0.1) is 0 Å². The van der Waals surface area contributed by atoms with Crippen LogP contribution in [0.15, 0.2) is 73.3 Å². The Balaban J connectivity index is 0.000000161. The summed E-state index contributed by atoms with van der Waals surface area (Å²) in [6, 6.07) is 16.1. The average Bonchev–Trinajstić information content (AvgIpc) is 2.69. The molecule has 4 aromatic heterocycles. The van der Waals surface area contributed by atoms with Gasteiger partial charge in [-0.3, -0.25) is 19.9 Å². The van der Waals surface area contributed by atoms with Crippen LogP contribution in [0.1, 0.15) is 22.3 Å². The Kier molecular flexibility index (Phi) is 6.22. The Morgan fingerprint density at radius 2 is 0.607 bits per heavy atom. The normalized spacial score (nSPS) is 10.1. The molecule has 4 aromatic rings. The Bertz CT molecular complexity index is 899. The van der Waals surface area contributed by atoms with Crippen LogP contribution in [0, 0.1) is 27.7 Å². The lowest BCUT2D eigenvalue weighted by Crippen LogP contribution is -1.88. The Morgan fingerprint density at radius 3 is 0.786 bits per heavy atom. The van der Waals surface area contributed by atoms with Gasteiger partial charge in [0.25, 0.3) is 0 Å². The van der Waals surface area contributed by atoms with Crippen molar-refractivity contribution in [3.05, 3.63) is 95.6 Å². The van der Waals surface area contributed by atoms with Gasteiger partial charge < -0.3 is 0 Å². The van der Waals surface area contributed by atoms with E-state index < -0.39 is 0 Å². The van der Waals surface area contributed by atoms with Crippen molar-refractivity contribution < 1.29 is 0 Å². The summed E-state index contributed by atoms with van der Waals surface area (Å²) in [5, 5.41) is 0. The highest BCUT2D eigenvalue weighted by Crippen LogP contribution is 2.16. The Morgan fingerprint density at radius 1 is 0.393 bits per heavy atom. The first kappa shape index (κ1) is 19.4. The van der Waals surface area contributed by atoms with E-state index in [1.54, 1.807) is 0 Å². The summed E-state index contributed by atoms with van der Waals surface area (Å²) in [5.74, 6) is 0. The standard InChI is InChI=1S/2C12H12N2/c2*1-9-3-5-13-11(7-9)12-8-10(2)4-6-14-12/h2*3-8H,1-2H3. The third kappa shape index (κ3) is 5.30. The Labute approximate surface area is 166 Å². The summed E-state index contributed by atoms with van der Waals surface area (Å²) in [5.41, 5.74) is 8.58. The van der Waals surface area contributed by atoms with Crippen molar-refractivity contribution >= 4 is 0 Å². The molecule has 0 spiro atoms. The summed E-state index contributed by atoms with van der Waals surface area (Å²) in [6.45, 7) is 8.23. The highest BCUT2D eigenvalue weighted by molar-refractivity contribution is 5.56. The van der Waals surface area contributed by atoms with E-state index >= 15 is 0 Å². The van der Waals surface area contributed by atoms with E-state index in [9.17, 15) is 0 Å². The van der Waals surface area contributed by atoms with Gasteiger partial charge in [0.05, 0.1) is 22.8 Å². The zero-order chi connectivity index (χ0) is 19.9. The first-order valence-corrected chi connectivity index (χ1v) is 9.22. The maximum absolute atomic E-state index is 4.29. The van der Waals surface area contributed by atoms with Crippen molar-refractivity contribution in [3.8, 4) is 22.8 Å². The van der Waals surface area contributed by atoms with Crippen LogP contribution >= 0.6 is 0 Å². The van der Waals surface area contributed by atoms with E-state index in [0.717, 1.165) is 22.8 Å². The number of hydrogen-bond donors (Lipinski definition) is 0. The first-order valence-electron chi connectivity index (χ1n) is 9.22. The number of hydrogen-bond acceptors (Lipinski definition) is 4. The van der Waals surface area contributed by atoms with Crippen molar-refractivity contribution in [2.45, 2.75) is 27.7 Å². The lowest BCUT2D eigenvalue weighted by molar-refractivity contribution is 1.21. The minimum atomic E-state index is 0.939. The molecule has 4 heteroatoms. The molecule has 0 amide bonds. The predicted molar refractivity (Wildman–Crippen MR) is 114 cm³/mol. The van der Waals surface area contributed by atoms with E-state index in [1.807, 2.05) is 73.3 Å². The lowest BCUT2D eigenvalue weighted by atomic mass is 10.1. The van der Waals surface area contributed by atoms with Crippen molar-refractivity contribution in [2.75, 3.05) is 0 Å². The highest BCUT2D eigenvalue weighted by atomic mass is 14.8. The molecule has 0 aliphatic carbocycles. The van der Waals surface area contributed by atoms with E-state index in [1.165, 1.54) is 22.3 Å². The second kappa shape index (κ2) is 9.00. The highest BCUT2D eigenvalue weighted by Gasteiger charge is 2.01. The molecule has 4 rings (SSSR count). The number of pyridine rings is 4. The molecule has 0 N–H and O–H groups in total. The quantitative estimate of drug-likeness (QED) is 0.467. The second-order valence-electron chi connectivity index (χ2n) is 6.87. The van der Waals surface area contributed by atoms with Gasteiger partial charge in [0.2, 0.25) is 0 Å². The zero-order valence-electron chi connectivity index (χ0n) is 16.7. The molecular weight excluding hydrogens is 344 g/mol. The molecule has 140 valence electrons. The largest absolute Gasteiger partial charge is 0.255 e. The topological polar surface area (TPSA) is 51.6 Å². The number of aromatic nitrogens is 4. The molecule has 4 heterocycles. The van der Waals surface area contributed by atoms with Crippen LogP contribution in [0.3, 0.4) is 0 Å². The van der Waals surface area contributed by atoms with Crippen molar-refractivity contribution in [1.29, 1.82) is 0 Å². The molecule has 4 nitrogen and oxygen atoms in total. The predicted octanol–water partition coefficient (Wildman–Crippen LogP) is 5.52. The van der Waals surface area contributed by atoms with E-state index in [4.69, 9.17) is 0 Å². The van der Waals surface area contributed by atoms with Gasteiger partial charge >= 0.3 is 0 Å². The van der Waals surface area contributed by atoms with Gasteiger partial charge in [-0.25, -0.2) is 0 Å². The zero-order valence-corrected chi connectivity index (χ0v) is 16.7. The number of nitrogens with zero attached hydrogens (tertiary/aromatic N) is 4. The monoisotopic (exact) mass is 368 g/mol. The summed E-state index contributed by atoms with van der Waals surface area (Å²) in [6.07, 6.45) is 7.26. The van der Waals surface area contributed by atoms with Crippen LogP contribution in [0.4, 0.5) is 0 Å². The average molecular weight is 368 g/mol. The van der Waals surface area contributed by atoms with Crippen LogP contribution < -0.4 is 0 Å². The first-order chi connectivity index (χ1) is 13.5. The molecule has 0 aliphatic rings. The van der Waals surface area contributed by atoms with Crippen molar-refractivity contribution in [2.24, 2.45) is 0 Å². The molecule has 0 bridgehead atoms. The second-order valence-corrected chi connectivity index (χ2v) is 6.87. The fourth-order valence-corrected chi connectivity index (χ4v) is 2.70. The SMILES string of the molecule is Cc1ccnc(-c2cc(C)ccn2)c1.Cc1ccnc(-c2cc(C)ccn2)c1. The van der Waals surface area contributed by atoms with Gasteiger partial charge in [0, 0.05) is 24.8 Å². The molecule has 0 saturated carbocycles. The molecule has 0 aromatic carbocycles. The molecule has 0 fully saturated rings. The molecule has 0 aliphatic heterocycles. The molecule has 0 atom stereocenters. The van der Waals surface area contributed by atoms with Gasteiger partial charge in [-0.05, 0) is 98.5 Å². The summed E-state index contributed by atoms with van der Waals surface area (Å²) in [7, 11) is 0. The van der Waals surface area contributed by atoms with E-state index in [0.29, 0.717) is 0 Å². The number of rotatable bonds is 2. The summed E-state index contributed by atoms with van der Waals surface area (Å²) in [4.78, 5) is 17.2. The van der Waals surface area contributed by atoms with Gasteiger partial charge in [-0.1, -0.05) is 0 Å². The number of aryl methyl sites for hydroxylation is 4. The van der Waals surface area contributed by atoms with E-state index in [2.05, 4.69) is 47.6 Å². The van der Waals surface area contributed by atoms with Crippen LogP contribution in [0.2, 0.25) is 0 Å². The fourth-order valence-electron chi connectivity index (χ4n) is 2.70. The molecule has 0 radical (unpaired) electrons. The minimum absolute atomic E-state index is 0.939. The minimum Gasteiger partial charge on any atom is -0.255 e. The smallest absolute Gasteiger partial charge is 0.0888 e. The lowest BCUT2D eigenvalue weighted by Gasteiger charge is -2.01. The summed E-state index contributed by atoms with van der Waals surface area (Å²) < 4.78 is 0. The van der Waals surface area contributed by atoms with Gasteiger partial charge in [-0.2, -0.15) is 0 Å². The fraction of sp³-hybridized carbons (Fsp3) is 0.167. The molecule has 0 unspecified atom stereocenters. The maximum atomic E-state index is 4.29. The van der Waals surface area contributed by atoms with Crippen LogP contribution in [0.5, 0.6) is 0 Å². The van der Waals surface area contributed by atoms with Crippen LogP contribution in [-0.2, 0) is 0 Å². The van der Waals surface area contributed by atoms with Crippen LogP contribution in [0.25, 0.3) is 22.8 Å². The summed E-state index contributed by atoms with van der Waals surface area (Å²) >= 11 is 0. The van der Waals surface area contributed by atoms with Crippen molar-refractivity contribution in [3.63, 3.8) is 0 Å². The molecule has 0 saturated heterocycles. The third-order valence-corrected chi connectivity index (χ3v) is 4.19. The third-order valence-electron chi connectivity index (χ3n) is 4.19.